The highest BCUT2D eigenvalue weighted by Gasteiger charge is 2.48. The van der Waals surface area contributed by atoms with Gasteiger partial charge in [0.25, 0.3) is 0 Å². The molecule has 1 unspecified atom stereocenters. The molecule has 3 amide bonds. The number of nitrogens with zero attached hydrogens (tertiary/aromatic N) is 1. The van der Waals surface area contributed by atoms with Crippen molar-refractivity contribution in [3.8, 4) is 0 Å². The number of imide groups is 1. The molecule has 0 spiro atoms. The third-order valence-electron chi connectivity index (χ3n) is 3.49. The quantitative estimate of drug-likeness (QED) is 0.489. The van der Waals surface area contributed by atoms with Crippen molar-refractivity contribution in [1.82, 2.24) is 10.2 Å². The van der Waals surface area contributed by atoms with Crippen LogP contribution in [-0.4, -0.2) is 63.6 Å². The second kappa shape index (κ2) is 4.87. The van der Waals surface area contributed by atoms with E-state index in [0.29, 0.717) is 0 Å². The molecule has 0 aromatic heterocycles. The molecule has 19 heavy (non-hydrogen) atoms. The summed E-state index contributed by atoms with van der Waals surface area (Å²) in [5.74, 6) is -1.95. The van der Waals surface area contributed by atoms with Crippen molar-refractivity contribution in [3.63, 3.8) is 0 Å². The Bertz CT molecular complexity index is 452. The highest BCUT2D eigenvalue weighted by atomic mass is 19.1. The third-order valence-corrected chi connectivity index (χ3v) is 3.49. The molecule has 106 valence electrons. The normalized spacial score (nSPS) is 35.9. The molecule has 0 radical (unpaired) electrons. The van der Waals surface area contributed by atoms with Gasteiger partial charge in [-0.3, -0.25) is 10.1 Å². The van der Waals surface area contributed by atoms with E-state index in [1.807, 2.05) is 5.32 Å². The first-order valence-electron chi connectivity index (χ1n) is 5.85. The van der Waals surface area contributed by atoms with Crippen molar-refractivity contribution < 1.29 is 29.3 Å². The van der Waals surface area contributed by atoms with Crippen molar-refractivity contribution >= 4 is 11.9 Å². The maximum atomic E-state index is 14.0. The summed E-state index contributed by atoms with van der Waals surface area (Å²) < 4.78 is 14.0. The summed E-state index contributed by atoms with van der Waals surface area (Å²) >= 11 is 0. The van der Waals surface area contributed by atoms with E-state index < -0.39 is 48.5 Å². The van der Waals surface area contributed by atoms with Crippen molar-refractivity contribution in [3.05, 3.63) is 11.4 Å². The topological polar surface area (TPSA) is 110 Å². The first-order chi connectivity index (χ1) is 8.88. The minimum absolute atomic E-state index is 0.0642. The molecular weight excluding hydrogens is 259 g/mol. The average molecular weight is 274 g/mol. The minimum atomic E-state index is -1.56. The van der Waals surface area contributed by atoms with Gasteiger partial charge in [-0.05, 0) is 0 Å². The van der Waals surface area contributed by atoms with Crippen LogP contribution >= 0.6 is 0 Å². The van der Waals surface area contributed by atoms with Crippen molar-refractivity contribution in [1.29, 1.82) is 0 Å². The highest BCUT2D eigenvalue weighted by molar-refractivity contribution is 5.98. The van der Waals surface area contributed by atoms with E-state index in [-0.39, 0.29) is 12.1 Å². The molecule has 0 saturated carbocycles. The second-order valence-corrected chi connectivity index (χ2v) is 4.76. The Balaban J connectivity index is 2.29. The Hall–Kier alpha value is -1.51. The molecule has 8 heteroatoms. The third kappa shape index (κ3) is 2.11. The summed E-state index contributed by atoms with van der Waals surface area (Å²) in [5, 5.41) is 30.4. The summed E-state index contributed by atoms with van der Waals surface area (Å²) in [6.07, 6.45) is -3.12. The Morgan fingerprint density at radius 3 is 2.58 bits per heavy atom. The van der Waals surface area contributed by atoms with Gasteiger partial charge in [-0.15, -0.1) is 0 Å². The van der Waals surface area contributed by atoms with Crippen LogP contribution in [-0.2, 0) is 4.79 Å². The Morgan fingerprint density at radius 2 is 2.05 bits per heavy atom. The Morgan fingerprint density at radius 1 is 1.42 bits per heavy atom. The Kier molecular flexibility index (Phi) is 3.57. The van der Waals surface area contributed by atoms with Gasteiger partial charge in [0.1, 0.15) is 24.1 Å². The molecule has 0 aromatic rings. The summed E-state index contributed by atoms with van der Waals surface area (Å²) in [7, 11) is 0. The lowest BCUT2D eigenvalue weighted by Gasteiger charge is -2.36. The number of urea groups is 1. The molecule has 1 saturated heterocycles. The highest BCUT2D eigenvalue weighted by Crippen LogP contribution is 2.33. The summed E-state index contributed by atoms with van der Waals surface area (Å²) in [5.41, 5.74) is -0.338. The van der Waals surface area contributed by atoms with E-state index in [1.165, 1.54) is 0 Å². The standard InChI is InChI=1S/C11H15FN2O5/c1-4-2-14(11(19)13-10(4)18)7-6(12)5(3-15)8(16)9(7)17/h4,7-9,15-17H,2-3H2,1H3,(H,13,18,19)/t4?,7-,8-,9+/m1/s1. The molecule has 1 heterocycles. The van der Waals surface area contributed by atoms with Gasteiger partial charge in [-0.25, -0.2) is 9.18 Å². The number of carbonyl (C=O) groups is 2. The monoisotopic (exact) mass is 274 g/mol. The molecule has 4 N–H and O–H groups in total. The van der Waals surface area contributed by atoms with Crippen LogP contribution in [0.2, 0.25) is 0 Å². The van der Waals surface area contributed by atoms with Gasteiger partial charge in [0.05, 0.1) is 12.5 Å². The predicted octanol–water partition coefficient (Wildman–Crippen LogP) is -1.51. The first kappa shape index (κ1) is 13.9. The fourth-order valence-electron chi connectivity index (χ4n) is 2.35. The molecule has 1 aliphatic carbocycles. The van der Waals surface area contributed by atoms with Gasteiger partial charge >= 0.3 is 6.03 Å². The lowest BCUT2D eigenvalue weighted by atomic mass is 10.0. The van der Waals surface area contributed by atoms with Gasteiger partial charge in [0.15, 0.2) is 0 Å². The first-order valence-corrected chi connectivity index (χ1v) is 5.85. The number of halogens is 1. The summed E-state index contributed by atoms with van der Waals surface area (Å²) in [6, 6.07) is -2.21. The van der Waals surface area contributed by atoms with E-state index in [4.69, 9.17) is 5.11 Å². The van der Waals surface area contributed by atoms with Crippen LogP contribution in [0.4, 0.5) is 9.18 Å². The van der Waals surface area contributed by atoms with Crippen LogP contribution in [0.1, 0.15) is 6.92 Å². The fraction of sp³-hybridized carbons (Fsp3) is 0.636. The predicted molar refractivity (Wildman–Crippen MR) is 60.4 cm³/mol. The largest absolute Gasteiger partial charge is 0.392 e. The number of amides is 3. The zero-order valence-electron chi connectivity index (χ0n) is 10.2. The minimum Gasteiger partial charge on any atom is -0.392 e. The molecule has 0 bridgehead atoms. The lowest BCUT2D eigenvalue weighted by Crippen LogP contribution is -2.59. The van der Waals surface area contributed by atoms with Crippen LogP contribution in [0.3, 0.4) is 0 Å². The van der Waals surface area contributed by atoms with Gasteiger partial charge in [0, 0.05) is 12.1 Å². The van der Waals surface area contributed by atoms with E-state index in [1.54, 1.807) is 6.92 Å². The number of nitrogens with one attached hydrogen (secondary N) is 1. The average Bonchev–Trinajstić information content (AvgIpc) is 2.56. The number of carbonyl (C=O) groups excluding carboxylic acids is 2. The van der Waals surface area contributed by atoms with E-state index in [9.17, 15) is 24.2 Å². The van der Waals surface area contributed by atoms with E-state index in [2.05, 4.69) is 0 Å². The molecule has 0 aromatic carbocycles. The number of aliphatic hydroxyl groups is 3. The van der Waals surface area contributed by atoms with Gasteiger partial charge in [-0.2, -0.15) is 0 Å². The molecule has 4 atom stereocenters. The number of rotatable bonds is 2. The zero-order chi connectivity index (χ0) is 14.3. The summed E-state index contributed by atoms with van der Waals surface area (Å²) in [4.78, 5) is 23.9. The number of hydrogen-bond donors (Lipinski definition) is 4. The van der Waals surface area contributed by atoms with Gasteiger partial charge < -0.3 is 20.2 Å². The fourth-order valence-corrected chi connectivity index (χ4v) is 2.35. The van der Waals surface area contributed by atoms with Crippen LogP contribution in [0.25, 0.3) is 0 Å². The van der Waals surface area contributed by atoms with E-state index in [0.717, 1.165) is 4.90 Å². The van der Waals surface area contributed by atoms with Crippen molar-refractivity contribution in [2.75, 3.05) is 13.2 Å². The van der Waals surface area contributed by atoms with Crippen LogP contribution < -0.4 is 5.32 Å². The molecule has 2 aliphatic rings. The molecular formula is C11H15FN2O5. The second-order valence-electron chi connectivity index (χ2n) is 4.76. The number of aliphatic hydroxyl groups excluding tert-OH is 3. The number of hydrogen-bond acceptors (Lipinski definition) is 5. The molecule has 7 nitrogen and oxygen atoms in total. The molecule has 1 fully saturated rings. The SMILES string of the molecule is CC1CN([C@@H]2C(F)=C(CO)[C@@H](O)[C@H]2O)C(=O)NC1=O. The van der Waals surface area contributed by atoms with Crippen LogP contribution in [0.5, 0.6) is 0 Å². The van der Waals surface area contributed by atoms with Crippen molar-refractivity contribution in [2.24, 2.45) is 5.92 Å². The lowest BCUT2D eigenvalue weighted by molar-refractivity contribution is -0.126. The summed E-state index contributed by atoms with van der Waals surface area (Å²) in [6.45, 7) is 0.747. The zero-order valence-corrected chi connectivity index (χ0v) is 10.2. The van der Waals surface area contributed by atoms with Crippen molar-refractivity contribution in [2.45, 2.75) is 25.2 Å². The Labute approximate surface area is 108 Å². The van der Waals surface area contributed by atoms with E-state index >= 15 is 0 Å². The van der Waals surface area contributed by atoms with Gasteiger partial charge in [-0.1, -0.05) is 6.92 Å². The smallest absolute Gasteiger partial charge is 0.324 e. The maximum absolute atomic E-state index is 14.0. The van der Waals surface area contributed by atoms with Gasteiger partial charge in [0.2, 0.25) is 5.91 Å². The molecule has 1 aliphatic heterocycles. The van der Waals surface area contributed by atoms with Crippen LogP contribution in [0.15, 0.2) is 11.4 Å². The molecule has 2 rings (SSSR count). The maximum Gasteiger partial charge on any atom is 0.324 e. The van der Waals surface area contributed by atoms with Crippen LogP contribution in [0, 0.1) is 5.92 Å².